The quantitative estimate of drug-likeness (QED) is 0.848. The molecule has 126 valence electrons. The van der Waals surface area contributed by atoms with Crippen molar-refractivity contribution in [2.45, 2.75) is 66.3 Å². The fourth-order valence-electron chi connectivity index (χ4n) is 2.41. The van der Waals surface area contributed by atoms with E-state index in [1.165, 1.54) is 0 Å². The van der Waals surface area contributed by atoms with E-state index in [0.29, 0.717) is 19.0 Å². The molecule has 0 amide bonds. The molecule has 0 aromatic heterocycles. The van der Waals surface area contributed by atoms with Gasteiger partial charge in [0, 0.05) is 18.6 Å². The highest BCUT2D eigenvalue weighted by atomic mass is 32.2. The van der Waals surface area contributed by atoms with Crippen LogP contribution in [0.2, 0.25) is 0 Å². The van der Waals surface area contributed by atoms with Crippen molar-refractivity contribution in [2.24, 2.45) is 11.3 Å². The molecule has 0 atom stereocenters. The molecular weight excluding hydrogens is 284 g/mol. The molecule has 5 heteroatoms. The van der Waals surface area contributed by atoms with E-state index in [-0.39, 0.29) is 16.7 Å². The van der Waals surface area contributed by atoms with Gasteiger partial charge < -0.3 is 5.32 Å². The van der Waals surface area contributed by atoms with Gasteiger partial charge in [0.05, 0.1) is 5.75 Å². The number of rotatable bonds is 5. The minimum atomic E-state index is -3.07. The molecule has 0 aromatic rings. The number of hydrogen-bond donors (Lipinski definition) is 1. The molecule has 0 radical (unpaired) electrons. The van der Waals surface area contributed by atoms with Gasteiger partial charge >= 0.3 is 0 Å². The van der Waals surface area contributed by atoms with Crippen LogP contribution in [0.1, 0.15) is 60.8 Å². The Morgan fingerprint density at radius 3 is 2.00 bits per heavy atom. The first-order valence-electron chi connectivity index (χ1n) is 8.12. The third kappa shape index (κ3) is 7.61. The van der Waals surface area contributed by atoms with Crippen molar-refractivity contribution in [2.75, 3.05) is 25.4 Å². The van der Waals surface area contributed by atoms with Gasteiger partial charge in [-0.1, -0.05) is 20.8 Å². The Labute approximate surface area is 131 Å². The van der Waals surface area contributed by atoms with E-state index in [1.807, 2.05) is 0 Å². The van der Waals surface area contributed by atoms with Crippen molar-refractivity contribution in [1.29, 1.82) is 0 Å². The summed E-state index contributed by atoms with van der Waals surface area (Å²) in [6.45, 7) is 15.1. The molecule has 1 N–H and O–H groups in total. The minimum absolute atomic E-state index is 0.0714. The van der Waals surface area contributed by atoms with Gasteiger partial charge in [-0.25, -0.2) is 12.7 Å². The summed E-state index contributed by atoms with van der Waals surface area (Å²) < 4.78 is 26.4. The molecule has 0 saturated carbocycles. The molecule has 1 fully saturated rings. The molecule has 0 aromatic carbocycles. The van der Waals surface area contributed by atoms with Gasteiger partial charge in [0.2, 0.25) is 10.0 Å². The van der Waals surface area contributed by atoms with Crippen LogP contribution in [0.15, 0.2) is 0 Å². The van der Waals surface area contributed by atoms with Crippen LogP contribution < -0.4 is 5.32 Å². The van der Waals surface area contributed by atoms with E-state index in [1.54, 1.807) is 4.31 Å². The van der Waals surface area contributed by atoms with E-state index in [2.05, 4.69) is 46.9 Å². The minimum Gasteiger partial charge on any atom is -0.312 e. The summed E-state index contributed by atoms with van der Waals surface area (Å²) in [5.74, 6) is 0.875. The second-order valence-corrected chi connectivity index (χ2v) is 10.7. The third-order valence-corrected chi connectivity index (χ3v) is 5.87. The highest BCUT2D eigenvalue weighted by molar-refractivity contribution is 7.89. The average molecular weight is 319 g/mol. The first kappa shape index (κ1) is 18.9. The maximum absolute atomic E-state index is 12.4. The average Bonchev–Trinajstić information content (AvgIpc) is 2.33. The van der Waals surface area contributed by atoms with E-state index >= 15 is 0 Å². The molecular formula is C16H34N2O2S. The van der Waals surface area contributed by atoms with Crippen molar-refractivity contribution in [3.8, 4) is 0 Å². The lowest BCUT2D eigenvalue weighted by atomic mass is 9.94. The van der Waals surface area contributed by atoms with Crippen LogP contribution in [0, 0.1) is 11.3 Å². The molecule has 1 heterocycles. The SMILES string of the molecule is CC(C)(C)CCS(=O)(=O)N1CCC(CNC(C)(C)C)CC1. The Bertz CT molecular complexity index is 411. The van der Waals surface area contributed by atoms with Crippen LogP contribution in [-0.2, 0) is 10.0 Å². The van der Waals surface area contributed by atoms with E-state index in [9.17, 15) is 8.42 Å². The molecule has 0 bridgehead atoms. The monoisotopic (exact) mass is 318 g/mol. The summed E-state index contributed by atoms with van der Waals surface area (Å²) in [5.41, 5.74) is 0.206. The highest BCUT2D eigenvalue weighted by Gasteiger charge is 2.29. The Balaban J connectivity index is 2.41. The predicted octanol–water partition coefficient (Wildman–Crippen LogP) is 2.85. The maximum Gasteiger partial charge on any atom is 0.214 e. The molecule has 4 nitrogen and oxygen atoms in total. The molecule has 0 spiro atoms. The van der Waals surface area contributed by atoms with E-state index in [0.717, 1.165) is 25.8 Å². The van der Waals surface area contributed by atoms with Gasteiger partial charge in [0.15, 0.2) is 0 Å². The lowest BCUT2D eigenvalue weighted by Gasteiger charge is -2.33. The van der Waals surface area contributed by atoms with Crippen molar-refractivity contribution < 1.29 is 8.42 Å². The van der Waals surface area contributed by atoms with Crippen LogP contribution in [-0.4, -0.2) is 43.6 Å². The Hall–Kier alpha value is -0.130. The molecule has 0 unspecified atom stereocenters. The van der Waals surface area contributed by atoms with Crippen molar-refractivity contribution in [3.05, 3.63) is 0 Å². The molecule has 1 saturated heterocycles. The molecule has 1 aliphatic heterocycles. The first-order valence-corrected chi connectivity index (χ1v) is 9.73. The van der Waals surface area contributed by atoms with Crippen LogP contribution >= 0.6 is 0 Å². The van der Waals surface area contributed by atoms with Gasteiger partial charge in [0.25, 0.3) is 0 Å². The third-order valence-electron chi connectivity index (χ3n) is 4.00. The Morgan fingerprint density at radius 2 is 1.57 bits per heavy atom. The molecule has 1 aliphatic rings. The van der Waals surface area contributed by atoms with Crippen molar-refractivity contribution in [3.63, 3.8) is 0 Å². The molecule has 1 rings (SSSR count). The molecule has 0 aliphatic carbocycles. The number of nitrogens with one attached hydrogen (secondary N) is 1. The number of sulfonamides is 1. The fourth-order valence-corrected chi connectivity index (χ4v) is 4.30. The van der Waals surface area contributed by atoms with E-state index < -0.39 is 10.0 Å². The summed E-state index contributed by atoms with van der Waals surface area (Å²) in [5, 5.41) is 3.52. The van der Waals surface area contributed by atoms with Crippen LogP contribution in [0.4, 0.5) is 0 Å². The Morgan fingerprint density at radius 1 is 1.05 bits per heavy atom. The van der Waals surface area contributed by atoms with Crippen molar-refractivity contribution >= 4 is 10.0 Å². The van der Waals surface area contributed by atoms with Crippen LogP contribution in [0.3, 0.4) is 0 Å². The lowest BCUT2D eigenvalue weighted by Crippen LogP contribution is -2.45. The first-order chi connectivity index (χ1) is 9.39. The van der Waals surface area contributed by atoms with Gasteiger partial charge in [0.1, 0.15) is 0 Å². The maximum atomic E-state index is 12.4. The van der Waals surface area contributed by atoms with Gasteiger partial charge in [-0.15, -0.1) is 0 Å². The van der Waals surface area contributed by atoms with Crippen LogP contribution in [0.5, 0.6) is 0 Å². The lowest BCUT2D eigenvalue weighted by molar-refractivity contribution is 0.250. The smallest absolute Gasteiger partial charge is 0.214 e. The molecule has 21 heavy (non-hydrogen) atoms. The second kappa shape index (κ2) is 6.97. The standard InChI is InChI=1S/C16H34N2O2S/c1-15(2,3)9-12-21(19,20)18-10-7-14(8-11-18)13-17-16(4,5)6/h14,17H,7-13H2,1-6H3. The van der Waals surface area contributed by atoms with Gasteiger partial charge in [-0.05, 0) is 57.9 Å². The summed E-state index contributed by atoms with van der Waals surface area (Å²) in [4.78, 5) is 0. The number of hydrogen-bond acceptors (Lipinski definition) is 3. The zero-order chi connectivity index (χ0) is 16.3. The fraction of sp³-hybridized carbons (Fsp3) is 1.00. The zero-order valence-corrected chi connectivity index (χ0v) is 15.5. The second-order valence-electron chi connectivity index (χ2n) is 8.60. The zero-order valence-electron chi connectivity index (χ0n) is 14.7. The van der Waals surface area contributed by atoms with Gasteiger partial charge in [-0.3, -0.25) is 0 Å². The topological polar surface area (TPSA) is 49.4 Å². The van der Waals surface area contributed by atoms with E-state index in [4.69, 9.17) is 0 Å². The summed E-state index contributed by atoms with van der Waals surface area (Å²) in [6.07, 6.45) is 2.66. The van der Waals surface area contributed by atoms with Crippen LogP contribution in [0.25, 0.3) is 0 Å². The van der Waals surface area contributed by atoms with Crippen molar-refractivity contribution in [1.82, 2.24) is 9.62 Å². The normalized spacial score (nSPS) is 19.9. The number of nitrogens with zero attached hydrogens (tertiary/aromatic N) is 1. The summed E-state index contributed by atoms with van der Waals surface area (Å²) in [7, 11) is -3.07. The predicted molar refractivity (Wildman–Crippen MR) is 89.9 cm³/mol. The summed E-state index contributed by atoms with van der Waals surface area (Å²) in [6, 6.07) is 0. The van der Waals surface area contributed by atoms with Gasteiger partial charge in [-0.2, -0.15) is 0 Å². The largest absolute Gasteiger partial charge is 0.312 e. The number of piperidine rings is 1. The summed E-state index contributed by atoms with van der Waals surface area (Å²) >= 11 is 0. The highest BCUT2D eigenvalue weighted by Crippen LogP contribution is 2.24. The Kier molecular flexibility index (Phi) is 6.28.